The van der Waals surface area contributed by atoms with Crippen molar-refractivity contribution in [2.45, 2.75) is 6.17 Å². The summed E-state index contributed by atoms with van der Waals surface area (Å²) in [7, 11) is 3.36. The van der Waals surface area contributed by atoms with E-state index in [-0.39, 0.29) is 6.17 Å². The largest absolute Gasteiger partial charge is 0.497 e. The first-order valence-corrected chi connectivity index (χ1v) is 4.02. The van der Waals surface area contributed by atoms with E-state index in [1.54, 1.807) is 14.2 Å². The Balaban J connectivity index is 2.79. The number of hydrazine groups is 1. The lowest BCUT2D eigenvalue weighted by Gasteiger charge is -2.19. The Morgan fingerprint density at radius 2 is 1.85 bits per heavy atom. The highest BCUT2D eigenvalue weighted by molar-refractivity contribution is 5.28. The van der Waals surface area contributed by atoms with Crippen LogP contribution in [0.15, 0.2) is 24.3 Å². The van der Waals surface area contributed by atoms with Crippen molar-refractivity contribution in [2.24, 2.45) is 11.6 Å². The van der Waals surface area contributed by atoms with Crippen LogP contribution in [0.2, 0.25) is 0 Å². The Bertz CT molecular complexity index is 258. The SMILES string of the molecule is COc1ccc(C(N)N(C)N)cc1. The number of rotatable bonds is 3. The molecule has 0 saturated heterocycles. The normalized spacial score (nSPS) is 13.0. The quantitative estimate of drug-likeness (QED) is 0.404. The minimum Gasteiger partial charge on any atom is -0.497 e. The van der Waals surface area contributed by atoms with E-state index in [9.17, 15) is 0 Å². The van der Waals surface area contributed by atoms with Crippen LogP contribution in [0.25, 0.3) is 0 Å². The molecule has 1 rings (SSSR count). The first-order chi connectivity index (χ1) is 6.15. The summed E-state index contributed by atoms with van der Waals surface area (Å²) in [6, 6.07) is 7.51. The van der Waals surface area contributed by atoms with Crippen LogP contribution in [0.4, 0.5) is 0 Å². The summed E-state index contributed by atoms with van der Waals surface area (Å²) in [6.07, 6.45) is -0.272. The Morgan fingerprint density at radius 3 is 2.23 bits per heavy atom. The molecular weight excluding hydrogens is 166 g/mol. The van der Waals surface area contributed by atoms with Crippen LogP contribution in [-0.4, -0.2) is 19.2 Å². The Hall–Kier alpha value is -1.10. The lowest BCUT2D eigenvalue weighted by atomic mass is 10.2. The van der Waals surface area contributed by atoms with Crippen molar-refractivity contribution in [3.8, 4) is 5.75 Å². The topological polar surface area (TPSA) is 64.5 Å². The van der Waals surface area contributed by atoms with Gasteiger partial charge in [-0.25, -0.2) is 5.01 Å². The molecule has 0 aromatic heterocycles. The van der Waals surface area contributed by atoms with E-state index >= 15 is 0 Å². The van der Waals surface area contributed by atoms with Gasteiger partial charge in [-0.05, 0) is 17.7 Å². The molecule has 4 nitrogen and oxygen atoms in total. The highest BCUT2D eigenvalue weighted by Gasteiger charge is 2.07. The van der Waals surface area contributed by atoms with Gasteiger partial charge < -0.3 is 10.5 Å². The average Bonchev–Trinajstić information content (AvgIpc) is 2.17. The molecule has 1 atom stereocenters. The van der Waals surface area contributed by atoms with Gasteiger partial charge in [0.25, 0.3) is 0 Å². The van der Waals surface area contributed by atoms with Crippen molar-refractivity contribution in [1.29, 1.82) is 0 Å². The van der Waals surface area contributed by atoms with Crippen molar-refractivity contribution < 1.29 is 4.74 Å². The maximum absolute atomic E-state index is 5.79. The van der Waals surface area contributed by atoms with Crippen LogP contribution < -0.4 is 16.3 Å². The molecule has 0 bridgehead atoms. The molecule has 1 aromatic rings. The first kappa shape index (κ1) is 9.98. The van der Waals surface area contributed by atoms with Gasteiger partial charge in [-0.2, -0.15) is 0 Å². The summed E-state index contributed by atoms with van der Waals surface area (Å²) < 4.78 is 5.02. The van der Waals surface area contributed by atoms with Crippen LogP contribution in [0.1, 0.15) is 11.7 Å². The summed E-state index contributed by atoms with van der Waals surface area (Å²) in [5.41, 5.74) is 6.75. The van der Waals surface area contributed by atoms with Gasteiger partial charge in [-0.3, -0.25) is 5.84 Å². The Labute approximate surface area is 78.0 Å². The summed E-state index contributed by atoms with van der Waals surface area (Å²) in [5.74, 6) is 6.33. The highest BCUT2D eigenvalue weighted by atomic mass is 16.5. The fourth-order valence-electron chi connectivity index (χ4n) is 1.04. The minimum absolute atomic E-state index is 0.272. The summed E-state index contributed by atoms with van der Waals surface area (Å²) in [4.78, 5) is 0. The third-order valence-electron chi connectivity index (χ3n) is 1.90. The van der Waals surface area contributed by atoms with E-state index in [2.05, 4.69) is 0 Å². The fraction of sp³-hybridized carbons (Fsp3) is 0.333. The van der Waals surface area contributed by atoms with Crippen LogP contribution in [0.3, 0.4) is 0 Å². The average molecular weight is 181 g/mol. The molecule has 1 aromatic carbocycles. The fourth-order valence-corrected chi connectivity index (χ4v) is 1.04. The number of nitrogens with zero attached hydrogens (tertiary/aromatic N) is 1. The third-order valence-corrected chi connectivity index (χ3v) is 1.90. The molecule has 0 spiro atoms. The van der Waals surface area contributed by atoms with Gasteiger partial charge in [0, 0.05) is 7.05 Å². The smallest absolute Gasteiger partial charge is 0.118 e. The molecule has 4 N–H and O–H groups in total. The van der Waals surface area contributed by atoms with Crippen molar-refractivity contribution in [1.82, 2.24) is 5.01 Å². The van der Waals surface area contributed by atoms with E-state index in [0.29, 0.717) is 0 Å². The second kappa shape index (κ2) is 4.23. The van der Waals surface area contributed by atoms with Gasteiger partial charge >= 0.3 is 0 Å². The van der Waals surface area contributed by atoms with Gasteiger partial charge in [-0.15, -0.1) is 0 Å². The van der Waals surface area contributed by atoms with E-state index < -0.39 is 0 Å². The van der Waals surface area contributed by atoms with E-state index in [1.165, 1.54) is 5.01 Å². The Morgan fingerprint density at radius 1 is 1.31 bits per heavy atom. The zero-order chi connectivity index (χ0) is 9.84. The van der Waals surface area contributed by atoms with Gasteiger partial charge in [0.05, 0.1) is 13.3 Å². The second-order valence-electron chi connectivity index (χ2n) is 2.88. The second-order valence-corrected chi connectivity index (χ2v) is 2.88. The molecule has 1 unspecified atom stereocenters. The van der Waals surface area contributed by atoms with E-state index in [0.717, 1.165) is 11.3 Å². The van der Waals surface area contributed by atoms with E-state index in [1.807, 2.05) is 24.3 Å². The zero-order valence-electron chi connectivity index (χ0n) is 7.90. The number of hydrogen-bond acceptors (Lipinski definition) is 4. The van der Waals surface area contributed by atoms with Gasteiger partial charge in [0.1, 0.15) is 5.75 Å². The third kappa shape index (κ3) is 2.42. The maximum atomic E-state index is 5.79. The van der Waals surface area contributed by atoms with Gasteiger partial charge in [0.2, 0.25) is 0 Å². The molecule has 0 amide bonds. The molecule has 13 heavy (non-hydrogen) atoms. The van der Waals surface area contributed by atoms with Crippen molar-refractivity contribution in [2.75, 3.05) is 14.2 Å². The van der Waals surface area contributed by atoms with E-state index in [4.69, 9.17) is 16.3 Å². The zero-order valence-corrected chi connectivity index (χ0v) is 7.90. The highest BCUT2D eigenvalue weighted by Crippen LogP contribution is 2.16. The standard InChI is InChI=1S/C9H15N3O/c1-12(11)9(10)7-3-5-8(13-2)6-4-7/h3-6,9H,10-11H2,1-2H3. The van der Waals surface area contributed by atoms with Crippen LogP contribution in [0, 0.1) is 0 Å². The first-order valence-electron chi connectivity index (χ1n) is 4.02. The molecule has 0 fully saturated rings. The number of ether oxygens (including phenoxy) is 1. The number of benzene rings is 1. The number of methoxy groups -OCH3 is 1. The van der Waals surface area contributed by atoms with Crippen molar-refractivity contribution in [3.63, 3.8) is 0 Å². The lowest BCUT2D eigenvalue weighted by molar-refractivity contribution is 0.258. The minimum atomic E-state index is -0.272. The maximum Gasteiger partial charge on any atom is 0.118 e. The molecule has 0 radical (unpaired) electrons. The van der Waals surface area contributed by atoms with Gasteiger partial charge in [0.15, 0.2) is 0 Å². The molecule has 0 aliphatic carbocycles. The van der Waals surface area contributed by atoms with Crippen LogP contribution in [0.5, 0.6) is 5.75 Å². The molecule has 0 saturated carbocycles. The predicted molar refractivity (Wildman–Crippen MR) is 51.9 cm³/mol. The molecule has 72 valence electrons. The molecule has 0 aliphatic heterocycles. The summed E-state index contributed by atoms with van der Waals surface area (Å²) >= 11 is 0. The van der Waals surface area contributed by atoms with Crippen molar-refractivity contribution >= 4 is 0 Å². The summed E-state index contributed by atoms with van der Waals surface area (Å²) in [6.45, 7) is 0. The van der Waals surface area contributed by atoms with Gasteiger partial charge in [-0.1, -0.05) is 12.1 Å². The molecule has 0 aliphatic rings. The lowest BCUT2D eigenvalue weighted by Crippen LogP contribution is -2.36. The monoisotopic (exact) mass is 181 g/mol. The Kier molecular flexibility index (Phi) is 3.25. The van der Waals surface area contributed by atoms with Crippen molar-refractivity contribution in [3.05, 3.63) is 29.8 Å². The molecule has 4 heteroatoms. The summed E-state index contributed by atoms with van der Waals surface area (Å²) in [5, 5.41) is 1.46. The van der Waals surface area contributed by atoms with Crippen LogP contribution >= 0.6 is 0 Å². The molecule has 0 heterocycles. The molecular formula is C9H15N3O. The number of nitrogens with two attached hydrogens (primary N) is 2. The van der Waals surface area contributed by atoms with Crippen LogP contribution in [-0.2, 0) is 0 Å². The number of hydrogen-bond donors (Lipinski definition) is 2. The predicted octanol–water partition coefficient (Wildman–Crippen LogP) is 0.458.